The predicted molar refractivity (Wildman–Crippen MR) is 105 cm³/mol. The summed E-state index contributed by atoms with van der Waals surface area (Å²) in [6.45, 7) is 0.899. The maximum absolute atomic E-state index is 12.7. The number of benzene rings is 1. The first-order chi connectivity index (χ1) is 13.5. The van der Waals surface area contributed by atoms with Crippen LogP contribution in [0.5, 0.6) is 0 Å². The Morgan fingerprint density at radius 2 is 1.93 bits per heavy atom. The van der Waals surface area contributed by atoms with Gasteiger partial charge in [0.05, 0.1) is 16.8 Å². The zero-order chi connectivity index (χ0) is 20.1. The number of carbonyl (C=O) groups is 3. The van der Waals surface area contributed by atoms with Gasteiger partial charge in [-0.25, -0.2) is 4.79 Å². The quantitative estimate of drug-likeness (QED) is 0.753. The topological polar surface area (TPSA) is 108 Å². The van der Waals surface area contributed by atoms with E-state index in [1.165, 1.54) is 18.3 Å². The van der Waals surface area contributed by atoms with Crippen molar-refractivity contribution in [1.82, 2.24) is 0 Å². The SMILES string of the molecule is CC(=O)Nc1sc2c(c1C(=O)OCC(=O)Nc1ccccc1C#N)CCCC2. The van der Waals surface area contributed by atoms with Crippen LogP contribution in [0.2, 0.25) is 0 Å². The van der Waals surface area contributed by atoms with Crippen LogP contribution in [0, 0.1) is 11.3 Å². The molecule has 2 aromatic rings. The fourth-order valence-electron chi connectivity index (χ4n) is 3.11. The molecule has 2 N–H and O–H groups in total. The number of anilines is 2. The van der Waals surface area contributed by atoms with E-state index in [0.29, 0.717) is 21.8 Å². The van der Waals surface area contributed by atoms with Crippen molar-refractivity contribution in [3.63, 3.8) is 0 Å². The van der Waals surface area contributed by atoms with Crippen LogP contribution in [0.25, 0.3) is 0 Å². The number of para-hydroxylation sites is 1. The second-order valence-corrected chi connectivity index (χ2v) is 7.48. The molecule has 1 aromatic carbocycles. The van der Waals surface area contributed by atoms with Gasteiger partial charge in [0.1, 0.15) is 11.1 Å². The third kappa shape index (κ3) is 4.38. The van der Waals surface area contributed by atoms with E-state index in [4.69, 9.17) is 10.00 Å². The van der Waals surface area contributed by atoms with Crippen molar-refractivity contribution >= 4 is 39.8 Å². The summed E-state index contributed by atoms with van der Waals surface area (Å²) in [6, 6.07) is 8.55. The van der Waals surface area contributed by atoms with Gasteiger partial charge < -0.3 is 15.4 Å². The molecule has 28 heavy (non-hydrogen) atoms. The molecule has 2 amide bonds. The van der Waals surface area contributed by atoms with E-state index in [-0.39, 0.29) is 5.91 Å². The van der Waals surface area contributed by atoms with Gasteiger partial charge in [0, 0.05) is 11.8 Å². The normalized spacial score (nSPS) is 12.4. The van der Waals surface area contributed by atoms with E-state index in [9.17, 15) is 14.4 Å². The molecule has 0 unspecified atom stereocenters. The van der Waals surface area contributed by atoms with E-state index in [1.807, 2.05) is 6.07 Å². The maximum Gasteiger partial charge on any atom is 0.341 e. The molecule has 8 heteroatoms. The second-order valence-electron chi connectivity index (χ2n) is 6.38. The predicted octanol–water partition coefficient (Wildman–Crippen LogP) is 3.25. The van der Waals surface area contributed by atoms with Crippen molar-refractivity contribution in [3.8, 4) is 6.07 Å². The van der Waals surface area contributed by atoms with Gasteiger partial charge >= 0.3 is 5.97 Å². The molecular weight excluding hydrogens is 378 g/mol. The second kappa shape index (κ2) is 8.67. The minimum Gasteiger partial charge on any atom is -0.452 e. The van der Waals surface area contributed by atoms with E-state index >= 15 is 0 Å². The first-order valence-electron chi connectivity index (χ1n) is 8.88. The van der Waals surface area contributed by atoms with Crippen molar-refractivity contribution in [2.75, 3.05) is 17.2 Å². The number of nitriles is 1. The van der Waals surface area contributed by atoms with Crippen LogP contribution >= 0.6 is 11.3 Å². The molecule has 144 valence electrons. The Hall–Kier alpha value is -3.18. The fraction of sp³-hybridized carbons (Fsp3) is 0.300. The number of esters is 1. The van der Waals surface area contributed by atoms with Gasteiger partial charge in [0.2, 0.25) is 5.91 Å². The molecule has 0 saturated carbocycles. The van der Waals surface area contributed by atoms with E-state index in [1.54, 1.807) is 24.3 Å². The first kappa shape index (κ1) is 19.6. The summed E-state index contributed by atoms with van der Waals surface area (Å²) in [4.78, 5) is 37.4. The monoisotopic (exact) mass is 397 g/mol. The number of nitrogens with zero attached hydrogens (tertiary/aromatic N) is 1. The average Bonchev–Trinajstić information content (AvgIpc) is 3.03. The fourth-order valence-corrected chi connectivity index (χ4v) is 4.43. The van der Waals surface area contributed by atoms with E-state index < -0.39 is 18.5 Å². The Labute approximate surface area is 166 Å². The van der Waals surface area contributed by atoms with E-state index in [2.05, 4.69) is 10.6 Å². The summed E-state index contributed by atoms with van der Waals surface area (Å²) in [5.74, 6) is -1.44. The highest BCUT2D eigenvalue weighted by molar-refractivity contribution is 7.17. The zero-order valence-corrected chi connectivity index (χ0v) is 16.1. The van der Waals surface area contributed by atoms with Crippen LogP contribution < -0.4 is 10.6 Å². The maximum atomic E-state index is 12.7. The number of rotatable bonds is 5. The van der Waals surface area contributed by atoms with Crippen molar-refractivity contribution in [1.29, 1.82) is 5.26 Å². The highest BCUT2D eigenvalue weighted by Gasteiger charge is 2.27. The summed E-state index contributed by atoms with van der Waals surface area (Å²) in [7, 11) is 0. The Balaban J connectivity index is 1.71. The highest BCUT2D eigenvalue weighted by atomic mass is 32.1. The Morgan fingerprint density at radius 3 is 2.68 bits per heavy atom. The van der Waals surface area contributed by atoms with Gasteiger partial charge in [-0.15, -0.1) is 11.3 Å². The Morgan fingerprint density at radius 1 is 1.18 bits per heavy atom. The molecule has 0 aliphatic heterocycles. The molecule has 3 rings (SSSR count). The Kier molecular flexibility index (Phi) is 6.06. The summed E-state index contributed by atoms with van der Waals surface area (Å²) in [5, 5.41) is 14.8. The molecule has 7 nitrogen and oxygen atoms in total. The molecule has 0 bridgehead atoms. The molecule has 0 radical (unpaired) electrons. The van der Waals surface area contributed by atoms with Crippen molar-refractivity contribution in [2.24, 2.45) is 0 Å². The van der Waals surface area contributed by atoms with Crippen molar-refractivity contribution < 1.29 is 19.1 Å². The third-order valence-electron chi connectivity index (χ3n) is 4.32. The largest absolute Gasteiger partial charge is 0.452 e. The molecular formula is C20H19N3O4S. The lowest BCUT2D eigenvalue weighted by Gasteiger charge is -2.13. The van der Waals surface area contributed by atoms with Crippen LogP contribution in [0.4, 0.5) is 10.7 Å². The van der Waals surface area contributed by atoms with Crippen LogP contribution in [-0.4, -0.2) is 24.4 Å². The molecule has 0 spiro atoms. The number of amides is 2. The number of aryl methyl sites for hydroxylation is 1. The minimum absolute atomic E-state index is 0.265. The van der Waals surface area contributed by atoms with Crippen molar-refractivity contribution in [2.45, 2.75) is 32.6 Å². The lowest BCUT2D eigenvalue weighted by atomic mass is 9.95. The number of nitrogens with one attached hydrogen (secondary N) is 2. The van der Waals surface area contributed by atoms with Gasteiger partial charge in [0.15, 0.2) is 6.61 Å². The molecule has 0 atom stereocenters. The summed E-state index contributed by atoms with van der Waals surface area (Å²) in [5.41, 5.74) is 1.93. The van der Waals surface area contributed by atoms with Gasteiger partial charge in [-0.3, -0.25) is 9.59 Å². The molecule has 1 aliphatic rings. The molecule has 0 saturated heterocycles. The summed E-state index contributed by atoms with van der Waals surface area (Å²) >= 11 is 1.39. The third-order valence-corrected chi connectivity index (χ3v) is 5.53. The lowest BCUT2D eigenvalue weighted by Crippen LogP contribution is -2.22. The average molecular weight is 397 g/mol. The van der Waals surface area contributed by atoms with Crippen LogP contribution in [0.15, 0.2) is 24.3 Å². The van der Waals surface area contributed by atoms with Gasteiger partial charge in [-0.2, -0.15) is 5.26 Å². The smallest absolute Gasteiger partial charge is 0.341 e. The van der Waals surface area contributed by atoms with Gasteiger partial charge in [-0.05, 0) is 43.4 Å². The lowest BCUT2D eigenvalue weighted by molar-refractivity contribution is -0.119. The molecule has 1 aromatic heterocycles. The number of hydrogen-bond acceptors (Lipinski definition) is 6. The van der Waals surface area contributed by atoms with Crippen LogP contribution in [-0.2, 0) is 27.2 Å². The van der Waals surface area contributed by atoms with Crippen LogP contribution in [0.3, 0.4) is 0 Å². The van der Waals surface area contributed by atoms with Crippen molar-refractivity contribution in [3.05, 3.63) is 45.8 Å². The molecule has 1 aliphatic carbocycles. The van der Waals surface area contributed by atoms with E-state index in [0.717, 1.165) is 36.1 Å². The van der Waals surface area contributed by atoms with Gasteiger partial charge in [-0.1, -0.05) is 12.1 Å². The molecule has 0 fully saturated rings. The Bertz CT molecular complexity index is 974. The minimum atomic E-state index is -0.633. The number of fused-ring (bicyclic) bond motifs is 1. The molecule has 1 heterocycles. The first-order valence-corrected chi connectivity index (χ1v) is 9.69. The highest BCUT2D eigenvalue weighted by Crippen LogP contribution is 2.38. The number of hydrogen-bond donors (Lipinski definition) is 2. The number of carbonyl (C=O) groups excluding carboxylic acids is 3. The standard InChI is InChI=1S/C20H19N3O4S/c1-12(24)22-19-18(14-7-3-5-9-16(14)28-19)20(26)27-11-17(25)23-15-8-4-2-6-13(15)10-21/h2,4,6,8H,3,5,7,9,11H2,1H3,(H,22,24)(H,23,25). The van der Waals surface area contributed by atoms with Gasteiger partial charge in [0.25, 0.3) is 5.91 Å². The van der Waals surface area contributed by atoms with Crippen LogP contribution in [0.1, 0.15) is 46.1 Å². The number of thiophene rings is 1. The number of ether oxygens (including phenoxy) is 1. The summed E-state index contributed by atoms with van der Waals surface area (Å²) in [6.07, 6.45) is 3.63. The summed E-state index contributed by atoms with van der Waals surface area (Å²) < 4.78 is 5.20. The zero-order valence-electron chi connectivity index (χ0n) is 15.3.